The monoisotopic (exact) mass is 445 g/mol. The van der Waals surface area contributed by atoms with Gasteiger partial charge in [0.2, 0.25) is 10.0 Å². The molecule has 2 aromatic rings. The Balaban J connectivity index is 1.92. The van der Waals surface area contributed by atoms with E-state index in [0.29, 0.717) is 5.75 Å². The Bertz CT molecular complexity index is 1070. The molecular formula is C23H27NO6S. The van der Waals surface area contributed by atoms with E-state index in [1.54, 1.807) is 32.9 Å². The van der Waals surface area contributed by atoms with Crippen molar-refractivity contribution in [1.82, 2.24) is 4.31 Å². The number of benzene rings is 2. The SMILES string of the molecule is COc1ccc(S(=O)(=O)N2Cc3ccccc3C[C@H]2C(=O)OCC(=O)C(C)(C)C)cc1. The first-order valence-electron chi connectivity index (χ1n) is 9.96. The molecule has 0 amide bonds. The van der Waals surface area contributed by atoms with E-state index in [-0.39, 0.29) is 23.6 Å². The molecule has 0 radical (unpaired) electrons. The van der Waals surface area contributed by atoms with Crippen LogP contribution >= 0.6 is 0 Å². The van der Waals surface area contributed by atoms with E-state index in [2.05, 4.69) is 0 Å². The Morgan fingerprint density at radius 1 is 1.03 bits per heavy atom. The molecule has 0 unspecified atom stereocenters. The Hall–Kier alpha value is -2.71. The van der Waals surface area contributed by atoms with Crippen molar-refractivity contribution in [3.63, 3.8) is 0 Å². The topological polar surface area (TPSA) is 90.0 Å². The summed E-state index contributed by atoms with van der Waals surface area (Å²) in [6, 6.07) is 12.3. The molecule has 7 nitrogen and oxygen atoms in total. The number of sulfonamides is 1. The first-order valence-corrected chi connectivity index (χ1v) is 11.4. The summed E-state index contributed by atoms with van der Waals surface area (Å²) in [6.45, 7) is 4.86. The lowest BCUT2D eigenvalue weighted by atomic mass is 9.91. The van der Waals surface area contributed by atoms with Gasteiger partial charge in [0.05, 0.1) is 12.0 Å². The third-order valence-electron chi connectivity index (χ3n) is 5.33. The van der Waals surface area contributed by atoms with Crippen LogP contribution in [0.15, 0.2) is 53.4 Å². The minimum absolute atomic E-state index is 0.0392. The van der Waals surface area contributed by atoms with E-state index in [1.165, 1.54) is 19.2 Å². The normalized spacial score (nSPS) is 17.0. The van der Waals surface area contributed by atoms with Crippen molar-refractivity contribution in [2.45, 2.75) is 44.7 Å². The molecule has 1 heterocycles. The number of carbonyl (C=O) groups is 2. The zero-order valence-electron chi connectivity index (χ0n) is 18.1. The second-order valence-electron chi connectivity index (χ2n) is 8.50. The van der Waals surface area contributed by atoms with Crippen LogP contribution in [0.2, 0.25) is 0 Å². The highest BCUT2D eigenvalue weighted by Gasteiger charge is 2.41. The van der Waals surface area contributed by atoms with Crippen LogP contribution in [-0.2, 0) is 37.3 Å². The lowest BCUT2D eigenvalue weighted by molar-refractivity contribution is -0.154. The van der Waals surface area contributed by atoms with E-state index in [0.717, 1.165) is 15.4 Å². The highest BCUT2D eigenvalue weighted by Crippen LogP contribution is 2.30. The number of ketones is 1. The molecule has 1 aliphatic rings. The van der Waals surface area contributed by atoms with Crippen molar-refractivity contribution in [1.29, 1.82) is 0 Å². The lowest BCUT2D eigenvalue weighted by Crippen LogP contribution is -2.49. The van der Waals surface area contributed by atoms with Crippen LogP contribution in [0.4, 0.5) is 0 Å². The van der Waals surface area contributed by atoms with Crippen molar-refractivity contribution >= 4 is 21.8 Å². The fourth-order valence-electron chi connectivity index (χ4n) is 3.28. The van der Waals surface area contributed by atoms with Gasteiger partial charge in [-0.05, 0) is 35.4 Å². The number of hydrogen-bond donors (Lipinski definition) is 0. The highest BCUT2D eigenvalue weighted by atomic mass is 32.2. The van der Waals surface area contributed by atoms with E-state index in [1.807, 2.05) is 24.3 Å². The van der Waals surface area contributed by atoms with Gasteiger partial charge in [0.25, 0.3) is 0 Å². The Kier molecular flexibility index (Phi) is 6.52. The van der Waals surface area contributed by atoms with E-state index >= 15 is 0 Å². The number of fused-ring (bicyclic) bond motifs is 1. The van der Waals surface area contributed by atoms with Crippen molar-refractivity contribution in [3.8, 4) is 5.75 Å². The molecule has 31 heavy (non-hydrogen) atoms. The molecule has 0 aliphatic carbocycles. The molecule has 0 saturated heterocycles. The molecule has 0 fully saturated rings. The summed E-state index contributed by atoms with van der Waals surface area (Å²) in [5.41, 5.74) is 1.05. The summed E-state index contributed by atoms with van der Waals surface area (Å²) >= 11 is 0. The van der Waals surface area contributed by atoms with E-state index < -0.39 is 34.1 Å². The average molecular weight is 446 g/mol. The third-order valence-corrected chi connectivity index (χ3v) is 7.19. The van der Waals surface area contributed by atoms with E-state index in [4.69, 9.17) is 9.47 Å². The summed E-state index contributed by atoms with van der Waals surface area (Å²) in [7, 11) is -2.50. The Morgan fingerprint density at radius 2 is 1.65 bits per heavy atom. The maximum Gasteiger partial charge on any atom is 0.325 e. The summed E-state index contributed by atoms with van der Waals surface area (Å²) in [5.74, 6) is -0.439. The van der Waals surface area contributed by atoms with Crippen LogP contribution in [0.5, 0.6) is 5.75 Å². The molecule has 2 aromatic carbocycles. The number of rotatable bonds is 6. The van der Waals surface area contributed by atoms with Crippen LogP contribution in [0, 0.1) is 5.41 Å². The predicted molar refractivity (Wildman–Crippen MR) is 115 cm³/mol. The first-order chi connectivity index (χ1) is 14.5. The molecule has 0 saturated carbocycles. The van der Waals surface area contributed by atoms with Gasteiger partial charge in [-0.2, -0.15) is 4.31 Å². The van der Waals surface area contributed by atoms with Crippen LogP contribution in [0.25, 0.3) is 0 Å². The molecule has 0 bridgehead atoms. The van der Waals surface area contributed by atoms with Gasteiger partial charge >= 0.3 is 5.97 Å². The number of ether oxygens (including phenoxy) is 2. The standard InChI is InChI=1S/C23H27NO6S/c1-23(2,3)21(25)15-30-22(26)20-13-16-7-5-6-8-17(16)14-24(20)31(27,28)19-11-9-18(29-4)10-12-19/h5-12,20H,13-15H2,1-4H3/t20-/m0/s1. The van der Waals surface area contributed by atoms with Gasteiger partial charge < -0.3 is 9.47 Å². The summed E-state index contributed by atoms with van der Waals surface area (Å²) in [5, 5.41) is 0. The van der Waals surface area contributed by atoms with Crippen LogP contribution in [0.1, 0.15) is 31.9 Å². The second kappa shape index (κ2) is 8.80. The number of Topliss-reactive ketones (excluding diaryl/α,β-unsaturated/α-hetero) is 1. The van der Waals surface area contributed by atoms with Crippen LogP contribution in [-0.4, -0.2) is 44.2 Å². The summed E-state index contributed by atoms with van der Waals surface area (Å²) < 4.78 is 38.4. The van der Waals surface area contributed by atoms with Crippen molar-refractivity contribution < 1.29 is 27.5 Å². The zero-order chi connectivity index (χ0) is 22.8. The molecule has 1 aliphatic heterocycles. The number of carbonyl (C=O) groups excluding carboxylic acids is 2. The van der Waals surface area contributed by atoms with Gasteiger partial charge in [0.15, 0.2) is 12.4 Å². The summed E-state index contributed by atoms with van der Waals surface area (Å²) in [6.07, 6.45) is 0.175. The van der Waals surface area contributed by atoms with Gasteiger partial charge in [0, 0.05) is 18.4 Å². The van der Waals surface area contributed by atoms with Crippen LogP contribution < -0.4 is 4.74 Å². The molecule has 166 valence electrons. The van der Waals surface area contributed by atoms with E-state index in [9.17, 15) is 18.0 Å². The minimum Gasteiger partial charge on any atom is -0.497 e. The summed E-state index contributed by atoms with van der Waals surface area (Å²) in [4.78, 5) is 25.2. The Morgan fingerprint density at radius 3 is 2.23 bits per heavy atom. The van der Waals surface area contributed by atoms with Gasteiger partial charge in [-0.1, -0.05) is 45.0 Å². The Labute approximate surface area is 183 Å². The van der Waals surface area contributed by atoms with Gasteiger partial charge in [-0.25, -0.2) is 8.42 Å². The number of esters is 1. The van der Waals surface area contributed by atoms with Crippen molar-refractivity contribution in [2.75, 3.05) is 13.7 Å². The molecule has 1 atom stereocenters. The number of methoxy groups -OCH3 is 1. The fourth-order valence-corrected chi connectivity index (χ4v) is 4.84. The lowest BCUT2D eigenvalue weighted by Gasteiger charge is -2.34. The predicted octanol–water partition coefficient (Wildman–Crippen LogP) is 2.97. The fraction of sp³-hybridized carbons (Fsp3) is 0.391. The van der Waals surface area contributed by atoms with Gasteiger partial charge in [0.1, 0.15) is 11.8 Å². The maximum atomic E-state index is 13.4. The second-order valence-corrected chi connectivity index (χ2v) is 10.4. The quantitative estimate of drug-likeness (QED) is 0.635. The first kappa shape index (κ1) is 23.0. The molecule has 0 aromatic heterocycles. The number of nitrogens with zero attached hydrogens (tertiary/aromatic N) is 1. The maximum absolute atomic E-state index is 13.4. The average Bonchev–Trinajstić information content (AvgIpc) is 2.75. The number of hydrogen-bond acceptors (Lipinski definition) is 6. The van der Waals surface area contributed by atoms with Crippen molar-refractivity contribution in [2.24, 2.45) is 5.41 Å². The van der Waals surface area contributed by atoms with Gasteiger partial charge in [-0.3, -0.25) is 9.59 Å². The smallest absolute Gasteiger partial charge is 0.325 e. The van der Waals surface area contributed by atoms with Crippen molar-refractivity contribution in [3.05, 3.63) is 59.7 Å². The van der Waals surface area contributed by atoms with Gasteiger partial charge in [-0.15, -0.1) is 0 Å². The molecule has 8 heteroatoms. The van der Waals surface area contributed by atoms with Crippen LogP contribution in [0.3, 0.4) is 0 Å². The third kappa shape index (κ3) is 4.97. The zero-order valence-corrected chi connectivity index (χ0v) is 18.9. The minimum atomic E-state index is -4.00. The molecular weight excluding hydrogens is 418 g/mol. The molecule has 3 rings (SSSR count). The highest BCUT2D eigenvalue weighted by molar-refractivity contribution is 7.89. The largest absolute Gasteiger partial charge is 0.497 e. The molecule has 0 N–H and O–H groups in total. The molecule has 0 spiro atoms.